The molecule has 20 heavy (non-hydrogen) atoms. The first-order valence-corrected chi connectivity index (χ1v) is 6.86. The quantitative estimate of drug-likeness (QED) is 0.929. The van der Waals surface area contributed by atoms with E-state index in [0.29, 0.717) is 12.2 Å². The highest BCUT2D eigenvalue weighted by atomic mass is 19.1. The number of rotatable bonds is 4. The molecule has 2 aromatic rings. The van der Waals surface area contributed by atoms with Gasteiger partial charge in [0.15, 0.2) is 0 Å². The number of nitrogens with zero attached hydrogens (tertiary/aromatic N) is 4. The molecule has 0 atom stereocenters. The summed E-state index contributed by atoms with van der Waals surface area (Å²) in [7, 11) is 1.83. The van der Waals surface area contributed by atoms with Gasteiger partial charge in [0.25, 0.3) is 0 Å². The highest BCUT2D eigenvalue weighted by molar-refractivity contribution is 5.56. The van der Waals surface area contributed by atoms with Crippen LogP contribution in [0.15, 0.2) is 24.4 Å². The molecular weight excluding hydrogens is 257 g/mol. The molecule has 0 amide bonds. The molecule has 1 saturated heterocycles. The molecule has 1 aliphatic rings. The maximum absolute atomic E-state index is 14.1. The summed E-state index contributed by atoms with van der Waals surface area (Å²) in [6.45, 7) is 2.47. The third kappa shape index (κ3) is 2.59. The zero-order valence-corrected chi connectivity index (χ0v) is 11.5. The Kier molecular flexibility index (Phi) is 3.54. The minimum Gasteiger partial charge on any atom is -0.379 e. The van der Waals surface area contributed by atoms with Crippen molar-refractivity contribution in [2.24, 2.45) is 7.05 Å². The van der Waals surface area contributed by atoms with Crippen LogP contribution in [0.25, 0.3) is 0 Å². The van der Waals surface area contributed by atoms with Crippen LogP contribution in [-0.2, 0) is 13.6 Å². The highest BCUT2D eigenvalue weighted by Gasteiger charge is 2.16. The fourth-order valence-corrected chi connectivity index (χ4v) is 2.49. The maximum atomic E-state index is 14.1. The van der Waals surface area contributed by atoms with Gasteiger partial charge in [0.05, 0.1) is 24.1 Å². The molecule has 5 nitrogen and oxygen atoms in total. The lowest BCUT2D eigenvalue weighted by atomic mass is 10.2. The van der Waals surface area contributed by atoms with Gasteiger partial charge in [0, 0.05) is 25.8 Å². The number of hydrogen-bond donors (Lipinski definition) is 1. The fraction of sp³-hybridized carbons (Fsp3) is 0.429. The molecule has 6 heteroatoms. The first-order valence-electron chi connectivity index (χ1n) is 6.86. The van der Waals surface area contributed by atoms with Crippen molar-refractivity contribution < 1.29 is 4.39 Å². The van der Waals surface area contributed by atoms with E-state index >= 15 is 0 Å². The fourth-order valence-electron chi connectivity index (χ4n) is 2.49. The predicted octanol–water partition coefficient (Wildman–Crippen LogP) is 2.17. The SMILES string of the molecule is Cn1nncc1CNc1ccc(N2CCCC2)c(F)c1. The number of nitrogens with one attached hydrogen (secondary N) is 1. The van der Waals surface area contributed by atoms with E-state index in [1.54, 1.807) is 16.9 Å². The number of benzene rings is 1. The van der Waals surface area contributed by atoms with Crippen LogP contribution in [0.1, 0.15) is 18.5 Å². The van der Waals surface area contributed by atoms with Crippen molar-refractivity contribution in [3.8, 4) is 0 Å². The molecule has 1 fully saturated rings. The molecule has 3 rings (SSSR count). The Morgan fingerprint density at radius 1 is 1.30 bits per heavy atom. The van der Waals surface area contributed by atoms with Gasteiger partial charge in [-0.2, -0.15) is 0 Å². The second kappa shape index (κ2) is 5.48. The van der Waals surface area contributed by atoms with Crippen LogP contribution in [0.5, 0.6) is 0 Å². The standard InChI is InChI=1S/C14H18FN5/c1-19-12(10-17-18-19)9-16-11-4-5-14(13(15)8-11)20-6-2-3-7-20/h4-5,8,10,16H,2-3,6-7,9H2,1H3. The summed E-state index contributed by atoms with van der Waals surface area (Å²) >= 11 is 0. The zero-order chi connectivity index (χ0) is 13.9. The van der Waals surface area contributed by atoms with Crippen LogP contribution in [0.3, 0.4) is 0 Å². The Balaban J connectivity index is 1.69. The Morgan fingerprint density at radius 3 is 2.75 bits per heavy atom. The molecule has 1 aromatic heterocycles. The molecule has 0 spiro atoms. The van der Waals surface area contributed by atoms with E-state index < -0.39 is 0 Å². The normalized spacial score (nSPS) is 14.8. The molecule has 1 aliphatic heterocycles. The van der Waals surface area contributed by atoms with Gasteiger partial charge in [0.1, 0.15) is 5.82 Å². The zero-order valence-electron chi connectivity index (χ0n) is 11.5. The van der Waals surface area contributed by atoms with E-state index in [1.165, 1.54) is 0 Å². The molecule has 0 radical (unpaired) electrons. The van der Waals surface area contributed by atoms with Crippen molar-refractivity contribution in [2.75, 3.05) is 23.3 Å². The van der Waals surface area contributed by atoms with Gasteiger partial charge >= 0.3 is 0 Å². The van der Waals surface area contributed by atoms with Crippen LogP contribution >= 0.6 is 0 Å². The highest BCUT2D eigenvalue weighted by Crippen LogP contribution is 2.26. The van der Waals surface area contributed by atoms with Gasteiger partial charge in [-0.3, -0.25) is 4.68 Å². The van der Waals surface area contributed by atoms with Gasteiger partial charge < -0.3 is 10.2 Å². The first kappa shape index (κ1) is 12.9. The maximum Gasteiger partial charge on any atom is 0.148 e. The Labute approximate surface area is 117 Å². The molecular formula is C14H18FN5. The largest absolute Gasteiger partial charge is 0.379 e. The summed E-state index contributed by atoms with van der Waals surface area (Å²) in [6.07, 6.45) is 3.99. The van der Waals surface area contributed by atoms with Crippen LogP contribution in [0.4, 0.5) is 15.8 Å². The van der Waals surface area contributed by atoms with E-state index in [2.05, 4.69) is 20.5 Å². The molecule has 2 heterocycles. The molecule has 0 unspecified atom stereocenters. The van der Waals surface area contributed by atoms with Crippen LogP contribution in [0.2, 0.25) is 0 Å². The van der Waals surface area contributed by atoms with E-state index in [9.17, 15) is 4.39 Å². The molecule has 0 saturated carbocycles. The van der Waals surface area contributed by atoms with E-state index in [0.717, 1.165) is 37.3 Å². The molecule has 106 valence electrons. The van der Waals surface area contributed by atoms with Gasteiger partial charge in [-0.15, -0.1) is 5.10 Å². The number of hydrogen-bond acceptors (Lipinski definition) is 4. The molecule has 0 bridgehead atoms. The summed E-state index contributed by atoms with van der Waals surface area (Å²) in [4.78, 5) is 2.10. The summed E-state index contributed by atoms with van der Waals surface area (Å²) < 4.78 is 15.8. The van der Waals surface area contributed by atoms with Gasteiger partial charge in [-0.1, -0.05) is 5.21 Å². The van der Waals surface area contributed by atoms with E-state index in [4.69, 9.17) is 0 Å². The monoisotopic (exact) mass is 275 g/mol. The Hall–Kier alpha value is -2.11. The number of halogens is 1. The van der Waals surface area contributed by atoms with Gasteiger partial charge in [-0.05, 0) is 31.0 Å². The van der Waals surface area contributed by atoms with Crippen molar-refractivity contribution in [3.05, 3.63) is 35.9 Å². The minimum absolute atomic E-state index is 0.167. The lowest BCUT2D eigenvalue weighted by Crippen LogP contribution is -2.19. The topological polar surface area (TPSA) is 46.0 Å². The smallest absolute Gasteiger partial charge is 0.148 e. The van der Waals surface area contributed by atoms with Crippen molar-refractivity contribution in [2.45, 2.75) is 19.4 Å². The van der Waals surface area contributed by atoms with Crippen LogP contribution in [0, 0.1) is 5.82 Å². The van der Waals surface area contributed by atoms with E-state index in [-0.39, 0.29) is 5.82 Å². The molecule has 1 aromatic carbocycles. The van der Waals surface area contributed by atoms with E-state index in [1.807, 2.05) is 19.2 Å². The Bertz CT molecular complexity index is 589. The lowest BCUT2D eigenvalue weighted by Gasteiger charge is -2.19. The van der Waals surface area contributed by atoms with Crippen LogP contribution < -0.4 is 10.2 Å². The number of aromatic nitrogens is 3. The average molecular weight is 275 g/mol. The van der Waals surface area contributed by atoms with Gasteiger partial charge in [0.2, 0.25) is 0 Å². The van der Waals surface area contributed by atoms with Crippen molar-refractivity contribution in [1.29, 1.82) is 0 Å². The third-order valence-electron chi connectivity index (χ3n) is 3.68. The second-order valence-electron chi connectivity index (χ2n) is 5.06. The summed E-state index contributed by atoms with van der Waals surface area (Å²) in [5, 5.41) is 10.9. The summed E-state index contributed by atoms with van der Waals surface area (Å²) in [6, 6.07) is 5.32. The van der Waals surface area contributed by atoms with Crippen molar-refractivity contribution >= 4 is 11.4 Å². The molecule has 1 N–H and O–H groups in total. The second-order valence-corrected chi connectivity index (χ2v) is 5.06. The third-order valence-corrected chi connectivity index (χ3v) is 3.68. The van der Waals surface area contributed by atoms with Crippen molar-refractivity contribution in [3.63, 3.8) is 0 Å². The Morgan fingerprint density at radius 2 is 2.10 bits per heavy atom. The number of anilines is 2. The van der Waals surface area contributed by atoms with Gasteiger partial charge in [-0.25, -0.2) is 4.39 Å². The number of aryl methyl sites for hydroxylation is 1. The average Bonchev–Trinajstić information content (AvgIpc) is 3.08. The molecule has 0 aliphatic carbocycles. The first-order chi connectivity index (χ1) is 9.74. The summed E-state index contributed by atoms with van der Waals surface area (Å²) in [5.74, 6) is -0.167. The minimum atomic E-state index is -0.167. The predicted molar refractivity (Wildman–Crippen MR) is 76.2 cm³/mol. The lowest BCUT2D eigenvalue weighted by molar-refractivity contribution is 0.623. The summed E-state index contributed by atoms with van der Waals surface area (Å²) in [5.41, 5.74) is 2.43. The van der Waals surface area contributed by atoms with Crippen LogP contribution in [-0.4, -0.2) is 28.1 Å². The van der Waals surface area contributed by atoms with Crippen molar-refractivity contribution in [1.82, 2.24) is 15.0 Å².